The number of thioether (sulfide) groups is 1. The lowest BCUT2D eigenvalue weighted by Crippen LogP contribution is -2.61. The molecule has 1 saturated heterocycles. The summed E-state index contributed by atoms with van der Waals surface area (Å²) in [5.41, 5.74) is 2.47. The average Bonchev–Trinajstić information content (AvgIpc) is 3.38. The van der Waals surface area contributed by atoms with Gasteiger partial charge in [-0.3, -0.25) is 24.2 Å². The summed E-state index contributed by atoms with van der Waals surface area (Å²) < 4.78 is 27.9. The van der Waals surface area contributed by atoms with E-state index in [1.54, 1.807) is 18.5 Å². The van der Waals surface area contributed by atoms with Crippen LogP contribution in [0.25, 0.3) is 11.1 Å². The fourth-order valence-corrected chi connectivity index (χ4v) is 6.16. The van der Waals surface area contributed by atoms with E-state index in [4.69, 9.17) is 28.7 Å². The molecule has 0 amide bonds. The molecule has 2 aromatic rings. The Morgan fingerprint density at radius 3 is 2.29 bits per heavy atom. The first-order chi connectivity index (χ1) is 19.6. The van der Waals surface area contributed by atoms with Crippen molar-refractivity contribution in [1.82, 2.24) is 9.97 Å². The lowest BCUT2D eigenvalue weighted by Gasteiger charge is -2.44. The van der Waals surface area contributed by atoms with E-state index in [0.29, 0.717) is 11.4 Å². The zero-order chi connectivity index (χ0) is 29.7. The lowest BCUT2D eigenvalue weighted by atomic mass is 9.97. The van der Waals surface area contributed by atoms with Crippen LogP contribution in [0.4, 0.5) is 0 Å². The Balaban J connectivity index is 1.82. The molecule has 3 heterocycles. The SMILES string of the molecule is CC(=O)OC[C@H]1O[C@@H](Sc2nc3c(c(-c4cccnc4)c2C#N)CCC3)[C@H](OC(C)=O)[C@@H](OC(C)=O)[C@H]1OC(C)=O. The Bertz CT molecular complexity index is 1380. The number of carbonyl (C=O) groups excluding carboxylic acids is 4. The summed E-state index contributed by atoms with van der Waals surface area (Å²) in [5, 5.41) is 10.6. The number of hydrogen-bond donors (Lipinski definition) is 0. The van der Waals surface area contributed by atoms with Crippen LogP contribution in [-0.2, 0) is 55.7 Å². The molecule has 0 saturated carbocycles. The molecule has 4 rings (SSSR count). The predicted octanol–water partition coefficient (Wildman–Crippen LogP) is 2.68. The van der Waals surface area contributed by atoms with E-state index in [1.165, 1.54) is 13.8 Å². The summed E-state index contributed by atoms with van der Waals surface area (Å²) in [6, 6.07) is 5.92. The molecule has 2 aliphatic rings. The van der Waals surface area contributed by atoms with E-state index >= 15 is 0 Å². The Kier molecular flexibility index (Phi) is 9.57. The van der Waals surface area contributed by atoms with Crippen molar-refractivity contribution in [3.05, 3.63) is 41.3 Å². The standard InChI is InChI=1S/C28H29N3O9S/c1-14(32)36-13-22-24(37-15(2)33)25(38-16(3)34)26(39-17(4)35)28(40-22)41-27-20(11-29)23(18-7-6-10-30-12-18)19-8-5-9-21(19)31-27/h6-7,10,12,22,24-26,28H,5,8-9,13H2,1-4H3/t22-,24+,25+,26-,28+/m1/s1. The molecule has 1 aliphatic heterocycles. The van der Waals surface area contributed by atoms with Crippen molar-refractivity contribution < 1.29 is 42.9 Å². The van der Waals surface area contributed by atoms with Crippen molar-refractivity contribution in [2.75, 3.05) is 6.61 Å². The molecule has 0 aromatic carbocycles. The predicted molar refractivity (Wildman–Crippen MR) is 142 cm³/mol. The molecule has 13 heteroatoms. The van der Waals surface area contributed by atoms with Gasteiger partial charge in [0.15, 0.2) is 23.7 Å². The number of aromatic nitrogens is 2. The minimum absolute atomic E-state index is 0.288. The molecule has 2 aromatic heterocycles. The summed E-state index contributed by atoms with van der Waals surface area (Å²) in [5.74, 6) is -2.77. The van der Waals surface area contributed by atoms with Crippen LogP contribution in [0.5, 0.6) is 0 Å². The van der Waals surface area contributed by atoms with Crippen LogP contribution >= 0.6 is 11.8 Å². The van der Waals surface area contributed by atoms with E-state index in [1.807, 2.05) is 6.07 Å². The average molecular weight is 584 g/mol. The van der Waals surface area contributed by atoms with Gasteiger partial charge in [0.05, 0.1) is 5.56 Å². The van der Waals surface area contributed by atoms with Crippen molar-refractivity contribution in [3.63, 3.8) is 0 Å². The molecular formula is C28H29N3O9S. The third kappa shape index (κ3) is 7.01. The molecule has 0 unspecified atom stereocenters. The Labute approximate surface area is 240 Å². The van der Waals surface area contributed by atoms with Crippen LogP contribution in [0.1, 0.15) is 50.9 Å². The first-order valence-electron chi connectivity index (χ1n) is 12.9. The van der Waals surface area contributed by atoms with Crippen molar-refractivity contribution in [2.45, 2.75) is 81.8 Å². The third-order valence-electron chi connectivity index (χ3n) is 6.43. The number of pyridine rings is 2. The number of aryl methyl sites for hydroxylation is 1. The van der Waals surface area contributed by atoms with Gasteiger partial charge in [-0.25, -0.2) is 4.98 Å². The monoisotopic (exact) mass is 583 g/mol. The van der Waals surface area contributed by atoms with Crippen molar-refractivity contribution >= 4 is 35.6 Å². The maximum atomic E-state index is 12.2. The number of nitriles is 1. The van der Waals surface area contributed by atoms with Gasteiger partial charge in [0.2, 0.25) is 0 Å². The zero-order valence-electron chi connectivity index (χ0n) is 22.9. The molecule has 0 bridgehead atoms. The highest BCUT2D eigenvalue weighted by molar-refractivity contribution is 7.99. The Morgan fingerprint density at radius 1 is 1.00 bits per heavy atom. The van der Waals surface area contributed by atoms with Crippen molar-refractivity contribution in [2.24, 2.45) is 0 Å². The van der Waals surface area contributed by atoms with Gasteiger partial charge in [0.25, 0.3) is 0 Å². The summed E-state index contributed by atoms with van der Waals surface area (Å²) in [6.45, 7) is 4.34. The number of ether oxygens (including phenoxy) is 5. The highest BCUT2D eigenvalue weighted by atomic mass is 32.2. The topological polar surface area (TPSA) is 164 Å². The highest BCUT2D eigenvalue weighted by Crippen LogP contribution is 2.42. The lowest BCUT2D eigenvalue weighted by molar-refractivity contribution is -0.237. The van der Waals surface area contributed by atoms with Crippen LogP contribution in [0, 0.1) is 11.3 Å². The molecule has 12 nitrogen and oxygen atoms in total. The molecule has 1 aliphatic carbocycles. The van der Waals surface area contributed by atoms with Gasteiger partial charge < -0.3 is 23.7 Å². The summed E-state index contributed by atoms with van der Waals surface area (Å²) in [7, 11) is 0. The van der Waals surface area contributed by atoms with Crippen LogP contribution in [-0.4, -0.2) is 70.3 Å². The number of carbonyl (C=O) groups is 4. The minimum atomic E-state index is -1.31. The van der Waals surface area contributed by atoms with Crippen LogP contribution in [0.2, 0.25) is 0 Å². The second kappa shape index (κ2) is 13.1. The molecular weight excluding hydrogens is 554 g/mol. The van der Waals surface area contributed by atoms with Gasteiger partial charge in [0.1, 0.15) is 23.8 Å². The Morgan fingerprint density at radius 2 is 1.68 bits per heavy atom. The Hall–Kier alpha value is -4.02. The molecule has 216 valence electrons. The van der Waals surface area contributed by atoms with Gasteiger partial charge in [-0.15, -0.1) is 0 Å². The van der Waals surface area contributed by atoms with E-state index in [-0.39, 0.29) is 12.2 Å². The quantitative estimate of drug-likeness (QED) is 0.329. The van der Waals surface area contributed by atoms with Crippen LogP contribution in [0.15, 0.2) is 29.6 Å². The first kappa shape index (κ1) is 30.0. The number of fused-ring (bicyclic) bond motifs is 1. The van der Waals surface area contributed by atoms with Gasteiger partial charge >= 0.3 is 23.9 Å². The normalized spacial score (nSPS) is 23.0. The highest BCUT2D eigenvalue weighted by Gasteiger charge is 2.53. The fourth-order valence-electron chi connectivity index (χ4n) is 4.97. The molecule has 1 fully saturated rings. The van der Waals surface area contributed by atoms with Crippen LogP contribution in [0.3, 0.4) is 0 Å². The van der Waals surface area contributed by atoms with Gasteiger partial charge in [-0.1, -0.05) is 17.8 Å². The molecule has 41 heavy (non-hydrogen) atoms. The molecule has 0 radical (unpaired) electrons. The number of nitrogens with zero attached hydrogens (tertiary/aromatic N) is 3. The molecule has 5 atom stereocenters. The largest absolute Gasteiger partial charge is 0.463 e. The van der Waals surface area contributed by atoms with Gasteiger partial charge in [0, 0.05) is 56.9 Å². The second-order valence-corrected chi connectivity index (χ2v) is 10.6. The number of hydrogen-bond acceptors (Lipinski definition) is 13. The van der Waals surface area contributed by atoms with E-state index in [9.17, 15) is 24.4 Å². The minimum Gasteiger partial charge on any atom is -0.463 e. The van der Waals surface area contributed by atoms with E-state index < -0.39 is 53.7 Å². The second-order valence-electron chi connectivity index (χ2n) is 9.48. The van der Waals surface area contributed by atoms with Crippen molar-refractivity contribution in [1.29, 1.82) is 5.26 Å². The zero-order valence-corrected chi connectivity index (χ0v) is 23.8. The van der Waals surface area contributed by atoms with Crippen LogP contribution < -0.4 is 0 Å². The van der Waals surface area contributed by atoms with Gasteiger partial charge in [-0.2, -0.15) is 5.26 Å². The molecule has 0 spiro atoms. The first-order valence-corrected chi connectivity index (χ1v) is 13.8. The number of esters is 4. The van der Waals surface area contributed by atoms with Gasteiger partial charge in [-0.05, 0) is 30.9 Å². The fraction of sp³-hybridized carbons (Fsp3) is 0.464. The maximum absolute atomic E-state index is 12.2. The summed E-state index contributed by atoms with van der Waals surface area (Å²) in [4.78, 5) is 57.0. The molecule has 0 N–H and O–H groups in total. The summed E-state index contributed by atoms with van der Waals surface area (Å²) >= 11 is 1.00. The third-order valence-corrected chi connectivity index (χ3v) is 7.56. The number of rotatable bonds is 8. The van der Waals surface area contributed by atoms with E-state index in [2.05, 4.69) is 11.1 Å². The van der Waals surface area contributed by atoms with E-state index in [0.717, 1.165) is 60.8 Å². The smallest absolute Gasteiger partial charge is 0.303 e. The summed E-state index contributed by atoms with van der Waals surface area (Å²) in [6.07, 6.45) is 0.689. The maximum Gasteiger partial charge on any atom is 0.303 e. The van der Waals surface area contributed by atoms with Crippen molar-refractivity contribution in [3.8, 4) is 17.2 Å².